The Hall–Kier alpha value is -1.31. The van der Waals surface area contributed by atoms with Gasteiger partial charge in [0.2, 0.25) is 0 Å². The van der Waals surface area contributed by atoms with Crippen molar-refractivity contribution in [3.63, 3.8) is 0 Å². The molecule has 92 valence electrons. The molecule has 1 saturated carbocycles. The predicted octanol–water partition coefficient (Wildman–Crippen LogP) is 3.38. The molecular formula is C15H20O2. The van der Waals surface area contributed by atoms with Gasteiger partial charge in [0.15, 0.2) is 0 Å². The molecule has 0 bridgehead atoms. The lowest BCUT2D eigenvalue weighted by Crippen LogP contribution is -2.33. The molecule has 0 amide bonds. The van der Waals surface area contributed by atoms with Crippen molar-refractivity contribution >= 4 is 5.97 Å². The van der Waals surface area contributed by atoms with Crippen LogP contribution in [0.2, 0.25) is 0 Å². The second kappa shape index (κ2) is 5.35. The predicted molar refractivity (Wildman–Crippen MR) is 67.7 cm³/mol. The quantitative estimate of drug-likeness (QED) is 0.744. The summed E-state index contributed by atoms with van der Waals surface area (Å²) in [7, 11) is 0. The van der Waals surface area contributed by atoms with Gasteiger partial charge in [-0.15, -0.1) is 0 Å². The van der Waals surface area contributed by atoms with E-state index in [9.17, 15) is 4.79 Å². The summed E-state index contributed by atoms with van der Waals surface area (Å²) in [5, 5.41) is 0. The summed E-state index contributed by atoms with van der Waals surface area (Å²) in [5.41, 5.74) is 1.27. The monoisotopic (exact) mass is 232 g/mol. The summed E-state index contributed by atoms with van der Waals surface area (Å²) in [6.45, 7) is 4.66. The molecule has 1 aromatic carbocycles. The van der Waals surface area contributed by atoms with E-state index in [-0.39, 0.29) is 11.9 Å². The van der Waals surface area contributed by atoms with E-state index in [1.807, 2.05) is 18.2 Å². The largest absolute Gasteiger partial charge is 0.465 e. The van der Waals surface area contributed by atoms with Crippen molar-refractivity contribution in [2.45, 2.75) is 32.6 Å². The van der Waals surface area contributed by atoms with Gasteiger partial charge in [-0.1, -0.05) is 44.2 Å². The van der Waals surface area contributed by atoms with Crippen LogP contribution in [0.3, 0.4) is 0 Å². The number of esters is 1. The van der Waals surface area contributed by atoms with E-state index in [1.54, 1.807) is 0 Å². The molecular weight excluding hydrogens is 212 g/mol. The Balaban J connectivity index is 1.93. The van der Waals surface area contributed by atoms with E-state index in [1.165, 1.54) is 5.56 Å². The number of ether oxygens (including phenoxy) is 1. The Labute approximate surface area is 103 Å². The average Bonchev–Trinajstić information content (AvgIpc) is 2.26. The molecule has 0 saturated heterocycles. The molecule has 17 heavy (non-hydrogen) atoms. The highest BCUT2D eigenvalue weighted by atomic mass is 16.5. The van der Waals surface area contributed by atoms with E-state index in [2.05, 4.69) is 26.0 Å². The van der Waals surface area contributed by atoms with Gasteiger partial charge < -0.3 is 4.74 Å². The van der Waals surface area contributed by atoms with Crippen molar-refractivity contribution in [3.05, 3.63) is 35.9 Å². The van der Waals surface area contributed by atoms with Crippen LogP contribution in [-0.2, 0) is 9.53 Å². The first-order chi connectivity index (χ1) is 8.18. The van der Waals surface area contributed by atoms with Crippen LogP contribution in [0.4, 0.5) is 0 Å². The fourth-order valence-corrected chi connectivity index (χ4v) is 2.24. The van der Waals surface area contributed by atoms with Crippen LogP contribution < -0.4 is 0 Å². The van der Waals surface area contributed by atoms with Crippen LogP contribution in [0.5, 0.6) is 0 Å². The van der Waals surface area contributed by atoms with E-state index in [4.69, 9.17) is 4.74 Å². The van der Waals surface area contributed by atoms with E-state index >= 15 is 0 Å². The molecule has 2 unspecified atom stereocenters. The van der Waals surface area contributed by atoms with Gasteiger partial charge in [0, 0.05) is 0 Å². The zero-order valence-corrected chi connectivity index (χ0v) is 10.6. The zero-order chi connectivity index (χ0) is 12.3. The maximum absolute atomic E-state index is 11.9. The second-order valence-corrected chi connectivity index (χ2v) is 5.22. The molecule has 2 rings (SSSR count). The molecule has 1 aromatic rings. The van der Waals surface area contributed by atoms with Crippen molar-refractivity contribution in [1.29, 1.82) is 0 Å². The van der Waals surface area contributed by atoms with Crippen LogP contribution in [-0.4, -0.2) is 12.6 Å². The first-order valence-electron chi connectivity index (χ1n) is 6.40. The Morgan fingerprint density at radius 1 is 1.29 bits per heavy atom. The van der Waals surface area contributed by atoms with Gasteiger partial charge in [-0.25, -0.2) is 0 Å². The molecule has 1 fully saturated rings. The van der Waals surface area contributed by atoms with Gasteiger partial charge in [-0.2, -0.15) is 0 Å². The molecule has 1 aliphatic rings. The maximum Gasteiger partial charge on any atom is 0.309 e. The number of benzene rings is 1. The molecule has 2 atom stereocenters. The molecule has 0 N–H and O–H groups in total. The molecule has 0 aromatic heterocycles. The van der Waals surface area contributed by atoms with Gasteiger partial charge in [-0.3, -0.25) is 4.79 Å². The summed E-state index contributed by atoms with van der Waals surface area (Å²) < 4.78 is 5.32. The summed E-state index contributed by atoms with van der Waals surface area (Å²) in [4.78, 5) is 11.9. The number of rotatable bonds is 4. The van der Waals surface area contributed by atoms with Gasteiger partial charge in [-0.05, 0) is 30.2 Å². The minimum absolute atomic E-state index is 0.0150. The fraction of sp³-hybridized carbons (Fsp3) is 0.533. The minimum atomic E-state index is -0.0150. The Morgan fingerprint density at radius 2 is 2.00 bits per heavy atom. The SMILES string of the molecule is CC(C)COC(=O)C1CCC1c1ccccc1. The summed E-state index contributed by atoms with van der Waals surface area (Å²) in [6, 6.07) is 10.3. The normalized spacial score (nSPS) is 23.2. The average molecular weight is 232 g/mol. The van der Waals surface area contributed by atoms with Crippen molar-refractivity contribution in [3.8, 4) is 0 Å². The maximum atomic E-state index is 11.9. The summed E-state index contributed by atoms with van der Waals surface area (Å²) >= 11 is 0. The third-order valence-corrected chi connectivity index (χ3v) is 3.36. The van der Waals surface area contributed by atoms with Crippen molar-refractivity contribution in [2.75, 3.05) is 6.61 Å². The lowest BCUT2D eigenvalue weighted by atomic mass is 9.70. The molecule has 2 heteroatoms. The molecule has 1 aliphatic carbocycles. The van der Waals surface area contributed by atoms with E-state index in [0.29, 0.717) is 18.4 Å². The molecule has 2 nitrogen and oxygen atoms in total. The highest BCUT2D eigenvalue weighted by molar-refractivity contribution is 5.75. The topological polar surface area (TPSA) is 26.3 Å². The fourth-order valence-electron chi connectivity index (χ4n) is 2.24. The molecule has 0 radical (unpaired) electrons. The van der Waals surface area contributed by atoms with E-state index in [0.717, 1.165) is 12.8 Å². The lowest BCUT2D eigenvalue weighted by molar-refractivity contribution is -0.153. The van der Waals surface area contributed by atoms with Crippen LogP contribution in [0.1, 0.15) is 38.2 Å². The Bertz CT molecular complexity index is 370. The van der Waals surface area contributed by atoms with E-state index < -0.39 is 0 Å². The molecule has 0 aliphatic heterocycles. The second-order valence-electron chi connectivity index (χ2n) is 5.22. The Morgan fingerprint density at radius 3 is 2.53 bits per heavy atom. The van der Waals surface area contributed by atoms with Gasteiger partial charge in [0.1, 0.15) is 0 Å². The van der Waals surface area contributed by atoms with Crippen LogP contribution >= 0.6 is 0 Å². The number of hydrogen-bond donors (Lipinski definition) is 0. The van der Waals surface area contributed by atoms with Crippen molar-refractivity contribution < 1.29 is 9.53 Å². The van der Waals surface area contributed by atoms with Gasteiger partial charge >= 0.3 is 5.97 Å². The lowest BCUT2D eigenvalue weighted by Gasteiger charge is -2.35. The van der Waals surface area contributed by atoms with Crippen LogP contribution in [0.15, 0.2) is 30.3 Å². The van der Waals surface area contributed by atoms with Crippen LogP contribution in [0.25, 0.3) is 0 Å². The van der Waals surface area contributed by atoms with Crippen molar-refractivity contribution in [1.82, 2.24) is 0 Å². The highest BCUT2D eigenvalue weighted by Crippen LogP contribution is 2.43. The van der Waals surface area contributed by atoms with Crippen LogP contribution in [0, 0.1) is 11.8 Å². The highest BCUT2D eigenvalue weighted by Gasteiger charge is 2.38. The number of carbonyl (C=O) groups is 1. The number of carbonyl (C=O) groups excluding carboxylic acids is 1. The standard InChI is InChI=1S/C15H20O2/c1-11(2)10-17-15(16)14-9-8-13(14)12-6-4-3-5-7-12/h3-7,11,13-14H,8-10H2,1-2H3. The molecule has 0 heterocycles. The van der Waals surface area contributed by atoms with Crippen molar-refractivity contribution in [2.24, 2.45) is 11.8 Å². The number of hydrogen-bond acceptors (Lipinski definition) is 2. The third kappa shape index (κ3) is 2.87. The van der Waals surface area contributed by atoms with Gasteiger partial charge in [0.05, 0.1) is 12.5 Å². The minimum Gasteiger partial charge on any atom is -0.465 e. The smallest absolute Gasteiger partial charge is 0.309 e. The third-order valence-electron chi connectivity index (χ3n) is 3.36. The zero-order valence-electron chi connectivity index (χ0n) is 10.6. The first-order valence-corrected chi connectivity index (χ1v) is 6.40. The summed E-state index contributed by atoms with van der Waals surface area (Å²) in [6.07, 6.45) is 2.07. The Kier molecular flexibility index (Phi) is 3.82. The summed E-state index contributed by atoms with van der Waals surface area (Å²) in [5.74, 6) is 0.847. The van der Waals surface area contributed by atoms with Gasteiger partial charge in [0.25, 0.3) is 0 Å². The first kappa shape index (κ1) is 12.2. The molecule has 0 spiro atoms.